The number of para-hydroxylation sites is 1. The highest BCUT2D eigenvalue weighted by atomic mass is 16.5. The van der Waals surface area contributed by atoms with Crippen LogP contribution in [0, 0.1) is 5.92 Å². The standard InChI is InChI=1S/C16H24O3/c1-13-7-9-16(17,10-8-13)14-5-3-4-6-15(14)19-12-11-18-2/h3-6,13,17H,7-12H2,1-2H3. The van der Waals surface area contributed by atoms with Gasteiger partial charge in [-0.2, -0.15) is 0 Å². The summed E-state index contributed by atoms with van der Waals surface area (Å²) in [5.41, 5.74) is 0.203. The summed E-state index contributed by atoms with van der Waals surface area (Å²) in [6.07, 6.45) is 3.78. The first kappa shape index (κ1) is 14.4. The van der Waals surface area contributed by atoms with Crippen molar-refractivity contribution in [2.45, 2.75) is 38.2 Å². The van der Waals surface area contributed by atoms with Crippen LogP contribution in [-0.2, 0) is 10.3 Å². The zero-order valence-electron chi connectivity index (χ0n) is 11.9. The monoisotopic (exact) mass is 264 g/mol. The van der Waals surface area contributed by atoms with E-state index in [-0.39, 0.29) is 0 Å². The fourth-order valence-corrected chi connectivity index (χ4v) is 2.72. The van der Waals surface area contributed by atoms with Crippen LogP contribution in [0.3, 0.4) is 0 Å². The van der Waals surface area contributed by atoms with Gasteiger partial charge in [-0.05, 0) is 37.7 Å². The lowest BCUT2D eigenvalue weighted by Gasteiger charge is -2.36. The lowest BCUT2D eigenvalue weighted by Crippen LogP contribution is -2.31. The summed E-state index contributed by atoms with van der Waals surface area (Å²) in [5, 5.41) is 10.9. The number of ether oxygens (including phenoxy) is 2. The van der Waals surface area contributed by atoms with Crippen molar-refractivity contribution in [3.8, 4) is 5.75 Å². The first-order valence-electron chi connectivity index (χ1n) is 7.09. The summed E-state index contributed by atoms with van der Waals surface area (Å²) in [4.78, 5) is 0. The minimum Gasteiger partial charge on any atom is -0.491 e. The Bertz CT molecular complexity index is 395. The van der Waals surface area contributed by atoms with E-state index in [9.17, 15) is 5.11 Å². The maximum absolute atomic E-state index is 10.9. The van der Waals surface area contributed by atoms with Gasteiger partial charge in [-0.1, -0.05) is 25.1 Å². The van der Waals surface area contributed by atoms with Gasteiger partial charge in [0.2, 0.25) is 0 Å². The van der Waals surface area contributed by atoms with Crippen LogP contribution in [0.4, 0.5) is 0 Å². The summed E-state index contributed by atoms with van der Waals surface area (Å²) in [6.45, 7) is 3.32. The average Bonchev–Trinajstić information content (AvgIpc) is 2.43. The molecule has 0 heterocycles. The molecule has 0 aromatic heterocycles. The molecule has 0 bridgehead atoms. The molecule has 0 amide bonds. The molecule has 1 fully saturated rings. The van der Waals surface area contributed by atoms with Crippen molar-refractivity contribution < 1.29 is 14.6 Å². The third-order valence-corrected chi connectivity index (χ3v) is 4.03. The van der Waals surface area contributed by atoms with Crippen molar-refractivity contribution in [3.63, 3.8) is 0 Å². The fraction of sp³-hybridized carbons (Fsp3) is 0.625. The van der Waals surface area contributed by atoms with E-state index in [1.807, 2.05) is 24.3 Å². The van der Waals surface area contributed by atoms with Crippen LogP contribution in [0.25, 0.3) is 0 Å². The summed E-state index contributed by atoms with van der Waals surface area (Å²) < 4.78 is 10.7. The van der Waals surface area contributed by atoms with Gasteiger partial charge in [-0.3, -0.25) is 0 Å². The Balaban J connectivity index is 2.14. The van der Waals surface area contributed by atoms with Gasteiger partial charge >= 0.3 is 0 Å². The quantitative estimate of drug-likeness (QED) is 0.830. The zero-order chi connectivity index (χ0) is 13.7. The molecule has 0 spiro atoms. The molecule has 0 saturated heterocycles. The molecule has 1 N–H and O–H groups in total. The van der Waals surface area contributed by atoms with Crippen molar-refractivity contribution in [3.05, 3.63) is 29.8 Å². The van der Waals surface area contributed by atoms with Crippen LogP contribution in [0.1, 0.15) is 38.2 Å². The van der Waals surface area contributed by atoms with Gasteiger partial charge in [-0.25, -0.2) is 0 Å². The van der Waals surface area contributed by atoms with Gasteiger partial charge in [-0.15, -0.1) is 0 Å². The molecule has 1 aliphatic rings. The SMILES string of the molecule is COCCOc1ccccc1C1(O)CCC(C)CC1. The third kappa shape index (κ3) is 3.48. The van der Waals surface area contributed by atoms with Crippen molar-refractivity contribution in [1.29, 1.82) is 0 Å². The molecule has 0 unspecified atom stereocenters. The molecule has 2 rings (SSSR count). The van der Waals surface area contributed by atoms with Crippen molar-refractivity contribution >= 4 is 0 Å². The molecular formula is C16H24O3. The van der Waals surface area contributed by atoms with Crippen molar-refractivity contribution in [2.24, 2.45) is 5.92 Å². The van der Waals surface area contributed by atoms with E-state index >= 15 is 0 Å². The highest BCUT2D eigenvalue weighted by Gasteiger charge is 2.35. The first-order chi connectivity index (χ1) is 9.15. The smallest absolute Gasteiger partial charge is 0.125 e. The lowest BCUT2D eigenvalue weighted by atomic mass is 9.75. The molecule has 1 aliphatic carbocycles. The highest BCUT2D eigenvalue weighted by molar-refractivity contribution is 5.38. The summed E-state index contributed by atoms with van der Waals surface area (Å²) >= 11 is 0. The topological polar surface area (TPSA) is 38.7 Å². The Morgan fingerprint density at radius 1 is 1.21 bits per heavy atom. The van der Waals surface area contributed by atoms with Gasteiger partial charge in [0.05, 0.1) is 12.2 Å². The molecule has 0 aliphatic heterocycles. The van der Waals surface area contributed by atoms with E-state index in [1.165, 1.54) is 0 Å². The Morgan fingerprint density at radius 3 is 2.58 bits per heavy atom. The molecule has 1 saturated carbocycles. The van der Waals surface area contributed by atoms with Crippen LogP contribution in [0.2, 0.25) is 0 Å². The van der Waals surface area contributed by atoms with Gasteiger partial charge in [0.25, 0.3) is 0 Å². The van der Waals surface area contributed by atoms with Crippen LogP contribution in [-0.4, -0.2) is 25.4 Å². The van der Waals surface area contributed by atoms with E-state index in [0.29, 0.717) is 19.1 Å². The normalized spacial score (nSPS) is 27.2. The third-order valence-electron chi connectivity index (χ3n) is 4.03. The molecule has 106 valence electrons. The Labute approximate surface area is 115 Å². The molecule has 1 aromatic carbocycles. The van der Waals surface area contributed by atoms with Crippen molar-refractivity contribution in [2.75, 3.05) is 20.3 Å². The van der Waals surface area contributed by atoms with Gasteiger partial charge in [0.15, 0.2) is 0 Å². The average molecular weight is 264 g/mol. The lowest BCUT2D eigenvalue weighted by molar-refractivity contribution is -0.0145. The largest absolute Gasteiger partial charge is 0.491 e. The van der Waals surface area contributed by atoms with E-state index < -0.39 is 5.60 Å². The number of hydrogen-bond acceptors (Lipinski definition) is 3. The second-order valence-corrected chi connectivity index (χ2v) is 5.55. The highest BCUT2D eigenvalue weighted by Crippen LogP contribution is 2.42. The maximum atomic E-state index is 10.9. The fourth-order valence-electron chi connectivity index (χ4n) is 2.72. The molecule has 0 radical (unpaired) electrons. The second kappa shape index (κ2) is 6.40. The molecule has 0 atom stereocenters. The number of benzene rings is 1. The number of methoxy groups -OCH3 is 1. The van der Waals surface area contributed by atoms with E-state index in [4.69, 9.17) is 9.47 Å². The minimum absolute atomic E-state index is 0.514. The minimum atomic E-state index is -0.726. The number of hydrogen-bond donors (Lipinski definition) is 1. The zero-order valence-corrected chi connectivity index (χ0v) is 11.9. The van der Waals surface area contributed by atoms with Gasteiger partial charge in [0.1, 0.15) is 12.4 Å². The molecule has 3 heteroatoms. The van der Waals surface area contributed by atoms with E-state index in [1.54, 1.807) is 7.11 Å². The summed E-state index contributed by atoms with van der Waals surface area (Å²) in [7, 11) is 1.66. The van der Waals surface area contributed by atoms with Crippen LogP contribution in [0.5, 0.6) is 5.75 Å². The predicted octanol–water partition coefficient (Wildman–Crippen LogP) is 3.11. The molecular weight excluding hydrogens is 240 g/mol. The van der Waals surface area contributed by atoms with E-state index in [0.717, 1.165) is 37.0 Å². The van der Waals surface area contributed by atoms with Crippen molar-refractivity contribution in [1.82, 2.24) is 0 Å². The van der Waals surface area contributed by atoms with Crippen LogP contribution < -0.4 is 4.74 Å². The molecule has 1 aromatic rings. The molecule has 3 nitrogen and oxygen atoms in total. The van der Waals surface area contributed by atoms with Gasteiger partial charge in [0, 0.05) is 12.7 Å². The van der Waals surface area contributed by atoms with Gasteiger partial charge < -0.3 is 14.6 Å². The Hall–Kier alpha value is -1.06. The first-order valence-corrected chi connectivity index (χ1v) is 7.09. The Morgan fingerprint density at radius 2 is 1.89 bits per heavy atom. The van der Waals surface area contributed by atoms with Crippen LogP contribution in [0.15, 0.2) is 24.3 Å². The second-order valence-electron chi connectivity index (χ2n) is 5.55. The van der Waals surface area contributed by atoms with E-state index in [2.05, 4.69) is 6.92 Å². The predicted molar refractivity (Wildman–Crippen MR) is 75.3 cm³/mol. The molecule has 19 heavy (non-hydrogen) atoms. The summed E-state index contributed by atoms with van der Waals surface area (Å²) in [6, 6.07) is 7.83. The summed E-state index contributed by atoms with van der Waals surface area (Å²) in [5.74, 6) is 1.50. The Kier molecular flexibility index (Phi) is 4.83. The number of rotatable bonds is 5. The van der Waals surface area contributed by atoms with Crippen LogP contribution >= 0.6 is 0 Å². The maximum Gasteiger partial charge on any atom is 0.125 e. The number of aliphatic hydroxyl groups is 1.